The molecule has 0 saturated carbocycles. The van der Waals surface area contributed by atoms with Crippen LogP contribution in [0.1, 0.15) is 33.8 Å². The average molecular weight is 409 g/mol. The molecule has 1 aliphatic heterocycles. The number of hydrogen-bond acceptors (Lipinski definition) is 3. The molecule has 0 aromatic heterocycles. The summed E-state index contributed by atoms with van der Waals surface area (Å²) in [7, 11) is 0. The lowest BCUT2D eigenvalue weighted by molar-refractivity contribution is -0.137. The van der Waals surface area contributed by atoms with Crippen molar-refractivity contribution in [3.05, 3.63) is 71.0 Å². The van der Waals surface area contributed by atoms with Crippen LogP contribution in [0.5, 0.6) is 0 Å². The van der Waals surface area contributed by atoms with E-state index in [0.717, 1.165) is 0 Å². The Kier molecular flexibility index (Phi) is 6.32. The summed E-state index contributed by atoms with van der Waals surface area (Å²) in [6, 6.07) is 9.76. The Balaban J connectivity index is 1.98. The normalized spacial score (nSPS) is 15.8. The zero-order chi connectivity index (χ0) is 21.0. The molecule has 8 heteroatoms. The molecule has 1 saturated heterocycles. The Labute approximate surface area is 165 Å². The van der Waals surface area contributed by atoms with Crippen LogP contribution in [0.2, 0.25) is 0 Å². The van der Waals surface area contributed by atoms with E-state index in [2.05, 4.69) is 0 Å². The molecule has 0 radical (unpaired) electrons. The van der Waals surface area contributed by atoms with E-state index in [9.17, 15) is 27.2 Å². The highest BCUT2D eigenvalue weighted by molar-refractivity contribution is 6.03. The SMILES string of the molecule is O=C(c1ccccc1)C(CC(=O)N1CCOCC1)c1cc(C(F)(F)F)ccc1F. The second-order valence-electron chi connectivity index (χ2n) is 6.71. The van der Waals surface area contributed by atoms with Crippen LogP contribution in [0, 0.1) is 5.82 Å². The van der Waals surface area contributed by atoms with E-state index < -0.39 is 47.1 Å². The number of benzene rings is 2. The van der Waals surface area contributed by atoms with Gasteiger partial charge in [0.15, 0.2) is 5.78 Å². The van der Waals surface area contributed by atoms with Gasteiger partial charge in [-0.3, -0.25) is 9.59 Å². The zero-order valence-electron chi connectivity index (χ0n) is 15.4. The summed E-state index contributed by atoms with van der Waals surface area (Å²) in [4.78, 5) is 27.2. The first-order valence-electron chi connectivity index (χ1n) is 9.09. The van der Waals surface area contributed by atoms with Crippen molar-refractivity contribution in [2.45, 2.75) is 18.5 Å². The molecule has 2 aromatic carbocycles. The van der Waals surface area contributed by atoms with E-state index in [1.807, 2.05) is 0 Å². The number of halogens is 4. The number of ketones is 1. The Morgan fingerprint density at radius 1 is 1.03 bits per heavy atom. The van der Waals surface area contributed by atoms with Crippen molar-refractivity contribution in [2.24, 2.45) is 0 Å². The fourth-order valence-corrected chi connectivity index (χ4v) is 3.25. The molecule has 0 aliphatic carbocycles. The molecular weight excluding hydrogens is 390 g/mol. The Morgan fingerprint density at radius 3 is 2.31 bits per heavy atom. The third-order valence-corrected chi connectivity index (χ3v) is 4.82. The van der Waals surface area contributed by atoms with Crippen molar-refractivity contribution in [3.8, 4) is 0 Å². The van der Waals surface area contributed by atoms with Crippen LogP contribution in [-0.4, -0.2) is 42.9 Å². The van der Waals surface area contributed by atoms with Crippen LogP contribution in [0.4, 0.5) is 17.6 Å². The number of carbonyl (C=O) groups is 2. The minimum absolute atomic E-state index is 0.198. The summed E-state index contributed by atoms with van der Waals surface area (Å²) in [6.07, 6.45) is -5.12. The highest BCUT2D eigenvalue weighted by Gasteiger charge is 2.35. The Morgan fingerprint density at radius 2 is 1.69 bits per heavy atom. The second-order valence-corrected chi connectivity index (χ2v) is 6.71. The van der Waals surface area contributed by atoms with E-state index >= 15 is 0 Å². The van der Waals surface area contributed by atoms with Crippen LogP contribution >= 0.6 is 0 Å². The average Bonchev–Trinajstić information content (AvgIpc) is 2.72. The third kappa shape index (κ3) is 5.00. The maximum atomic E-state index is 14.5. The highest BCUT2D eigenvalue weighted by atomic mass is 19.4. The van der Waals surface area contributed by atoms with E-state index in [1.165, 1.54) is 17.0 Å². The number of rotatable bonds is 5. The van der Waals surface area contributed by atoms with Gasteiger partial charge in [0.25, 0.3) is 0 Å². The molecule has 0 bridgehead atoms. The molecule has 29 heavy (non-hydrogen) atoms. The number of carbonyl (C=O) groups excluding carboxylic acids is 2. The summed E-state index contributed by atoms with van der Waals surface area (Å²) < 4.78 is 59.1. The van der Waals surface area contributed by atoms with E-state index in [1.54, 1.807) is 18.2 Å². The predicted octanol–water partition coefficient (Wildman–Crippen LogP) is 4.06. The highest BCUT2D eigenvalue weighted by Crippen LogP contribution is 2.34. The number of nitrogens with zero attached hydrogens (tertiary/aromatic N) is 1. The van der Waals surface area contributed by atoms with Crippen molar-refractivity contribution in [3.63, 3.8) is 0 Å². The number of amides is 1. The number of morpholine rings is 1. The summed E-state index contributed by atoms with van der Waals surface area (Å²) in [5.41, 5.74) is -1.31. The van der Waals surface area contributed by atoms with Gasteiger partial charge in [0.1, 0.15) is 5.82 Å². The van der Waals surface area contributed by atoms with Crippen molar-refractivity contribution in [1.82, 2.24) is 4.90 Å². The molecule has 0 N–H and O–H groups in total. The minimum atomic E-state index is -4.70. The fraction of sp³-hybridized carbons (Fsp3) is 0.333. The molecule has 1 atom stereocenters. The van der Waals surface area contributed by atoms with Crippen molar-refractivity contribution >= 4 is 11.7 Å². The molecule has 4 nitrogen and oxygen atoms in total. The quantitative estimate of drug-likeness (QED) is 0.553. The van der Waals surface area contributed by atoms with E-state index in [4.69, 9.17) is 4.74 Å². The number of hydrogen-bond donors (Lipinski definition) is 0. The topological polar surface area (TPSA) is 46.6 Å². The Bertz CT molecular complexity index is 877. The van der Waals surface area contributed by atoms with Crippen LogP contribution < -0.4 is 0 Å². The maximum absolute atomic E-state index is 14.5. The molecular formula is C21H19F4NO3. The monoisotopic (exact) mass is 409 g/mol. The molecule has 0 spiro atoms. The molecule has 3 rings (SSSR count). The molecule has 1 heterocycles. The lowest BCUT2D eigenvalue weighted by atomic mass is 9.86. The number of Topliss-reactive ketones (excluding diaryl/α,β-unsaturated/α-hetero) is 1. The van der Waals surface area contributed by atoms with E-state index in [-0.39, 0.29) is 5.56 Å². The van der Waals surface area contributed by atoms with Crippen molar-refractivity contribution in [2.75, 3.05) is 26.3 Å². The lowest BCUT2D eigenvalue weighted by Gasteiger charge is -2.28. The van der Waals surface area contributed by atoms with Gasteiger partial charge in [0, 0.05) is 25.1 Å². The van der Waals surface area contributed by atoms with Crippen LogP contribution in [0.3, 0.4) is 0 Å². The van der Waals surface area contributed by atoms with Gasteiger partial charge in [-0.1, -0.05) is 30.3 Å². The molecule has 1 aliphatic rings. The van der Waals surface area contributed by atoms with Gasteiger partial charge in [-0.05, 0) is 23.8 Å². The second kappa shape index (κ2) is 8.73. The standard InChI is InChI=1S/C21H19F4NO3/c22-18-7-6-15(21(23,24)25)12-16(18)17(20(28)14-4-2-1-3-5-14)13-19(27)26-8-10-29-11-9-26/h1-7,12,17H,8-11,13H2. The first-order valence-corrected chi connectivity index (χ1v) is 9.09. The van der Waals surface area contributed by atoms with Gasteiger partial charge in [-0.2, -0.15) is 13.2 Å². The molecule has 1 fully saturated rings. The smallest absolute Gasteiger partial charge is 0.378 e. The van der Waals surface area contributed by atoms with Gasteiger partial charge in [0.2, 0.25) is 5.91 Å². The van der Waals surface area contributed by atoms with Gasteiger partial charge >= 0.3 is 6.18 Å². The molecule has 1 amide bonds. The fourth-order valence-electron chi connectivity index (χ4n) is 3.25. The number of ether oxygens (including phenoxy) is 1. The molecule has 154 valence electrons. The minimum Gasteiger partial charge on any atom is -0.378 e. The zero-order valence-corrected chi connectivity index (χ0v) is 15.4. The van der Waals surface area contributed by atoms with Crippen molar-refractivity contribution in [1.29, 1.82) is 0 Å². The third-order valence-electron chi connectivity index (χ3n) is 4.82. The largest absolute Gasteiger partial charge is 0.416 e. The first kappa shape index (κ1) is 21.0. The maximum Gasteiger partial charge on any atom is 0.416 e. The Hall–Kier alpha value is -2.74. The van der Waals surface area contributed by atoms with Gasteiger partial charge in [-0.15, -0.1) is 0 Å². The van der Waals surface area contributed by atoms with Gasteiger partial charge in [0.05, 0.1) is 24.7 Å². The van der Waals surface area contributed by atoms with Crippen LogP contribution in [-0.2, 0) is 15.7 Å². The van der Waals surface area contributed by atoms with Gasteiger partial charge < -0.3 is 9.64 Å². The predicted molar refractivity (Wildman–Crippen MR) is 96.9 cm³/mol. The summed E-state index contributed by atoms with van der Waals surface area (Å²) in [5.74, 6) is -3.36. The lowest BCUT2D eigenvalue weighted by Crippen LogP contribution is -2.41. The molecule has 1 unspecified atom stereocenters. The number of alkyl halides is 3. The molecule has 2 aromatic rings. The van der Waals surface area contributed by atoms with Crippen molar-refractivity contribution < 1.29 is 31.9 Å². The first-order chi connectivity index (χ1) is 13.8. The van der Waals surface area contributed by atoms with Crippen LogP contribution in [0.15, 0.2) is 48.5 Å². The summed E-state index contributed by atoms with van der Waals surface area (Å²) >= 11 is 0. The summed E-state index contributed by atoms with van der Waals surface area (Å²) in [6.45, 7) is 1.30. The van der Waals surface area contributed by atoms with E-state index in [0.29, 0.717) is 44.5 Å². The van der Waals surface area contributed by atoms with Crippen LogP contribution in [0.25, 0.3) is 0 Å². The van der Waals surface area contributed by atoms with Gasteiger partial charge in [-0.25, -0.2) is 4.39 Å². The summed E-state index contributed by atoms with van der Waals surface area (Å²) in [5, 5.41) is 0.